The molecule has 0 N–H and O–H groups in total. The van der Waals surface area contributed by atoms with Crippen molar-refractivity contribution in [2.75, 3.05) is 0 Å². The van der Waals surface area contributed by atoms with Crippen molar-refractivity contribution < 1.29 is 0 Å². The van der Waals surface area contributed by atoms with E-state index >= 15 is 0 Å². The third-order valence-corrected chi connectivity index (χ3v) is 5.66. The second-order valence-electron chi connectivity index (χ2n) is 6.46. The predicted octanol–water partition coefficient (Wildman–Crippen LogP) is 4.86. The number of rotatable bonds is 0. The van der Waals surface area contributed by atoms with E-state index in [1.807, 2.05) is 0 Å². The summed E-state index contributed by atoms with van der Waals surface area (Å²) in [6.45, 7) is 0. The van der Waals surface area contributed by atoms with Crippen molar-refractivity contribution in [3.05, 3.63) is 82.9 Å². The zero-order valence-corrected chi connectivity index (χ0v) is 11.5. The molecule has 0 fully saturated rings. The fraction of sp³-hybridized carbons (Fsp3) is 0.300. The predicted molar refractivity (Wildman–Crippen MR) is 81.9 cm³/mol. The summed E-state index contributed by atoms with van der Waals surface area (Å²) < 4.78 is 0. The van der Waals surface area contributed by atoms with Gasteiger partial charge in [-0.1, -0.05) is 60.7 Å². The van der Waals surface area contributed by atoms with E-state index in [0.717, 1.165) is 11.8 Å². The normalized spacial score (nSPS) is 32.4. The molecular formula is C20H18. The summed E-state index contributed by atoms with van der Waals surface area (Å²) in [4.78, 5) is 0. The van der Waals surface area contributed by atoms with E-state index in [2.05, 4.69) is 60.7 Å². The van der Waals surface area contributed by atoms with Crippen LogP contribution >= 0.6 is 0 Å². The molecule has 0 saturated carbocycles. The fourth-order valence-corrected chi connectivity index (χ4v) is 4.99. The molecule has 2 atom stereocenters. The minimum Gasteiger partial charge on any atom is -0.0882 e. The standard InChI is InChI=1S/C20H18/c1-2-8-14-13(7-1)19-15-9-3-5-11-17(15)20(14)18-12-6-4-10-16(18)19/h1-5,7-11,16,18-20H,6,12H2. The van der Waals surface area contributed by atoms with Gasteiger partial charge in [-0.3, -0.25) is 0 Å². The Labute approximate surface area is 120 Å². The molecule has 0 nitrogen and oxygen atoms in total. The van der Waals surface area contributed by atoms with E-state index in [1.54, 1.807) is 22.3 Å². The minimum absolute atomic E-state index is 0.592. The first-order valence-corrected chi connectivity index (χ1v) is 7.79. The number of benzene rings is 2. The molecular weight excluding hydrogens is 240 g/mol. The Hall–Kier alpha value is -1.82. The van der Waals surface area contributed by atoms with E-state index in [9.17, 15) is 0 Å². The van der Waals surface area contributed by atoms with Gasteiger partial charge in [0.1, 0.15) is 0 Å². The first-order valence-electron chi connectivity index (χ1n) is 7.79. The van der Waals surface area contributed by atoms with Gasteiger partial charge in [0.15, 0.2) is 0 Å². The summed E-state index contributed by atoms with van der Waals surface area (Å²) in [5.74, 6) is 2.75. The SMILES string of the molecule is C1=CC2C3c4ccccc4C(c4ccccc43)C2CC1. The second kappa shape index (κ2) is 3.85. The van der Waals surface area contributed by atoms with Crippen LogP contribution in [0.3, 0.4) is 0 Å². The van der Waals surface area contributed by atoms with Crippen LogP contribution in [0.5, 0.6) is 0 Å². The highest BCUT2D eigenvalue weighted by Crippen LogP contribution is 2.60. The van der Waals surface area contributed by atoms with Gasteiger partial charge in [-0.15, -0.1) is 0 Å². The summed E-state index contributed by atoms with van der Waals surface area (Å²) >= 11 is 0. The molecule has 0 aliphatic heterocycles. The molecule has 2 unspecified atom stereocenters. The van der Waals surface area contributed by atoms with Crippen LogP contribution in [0.4, 0.5) is 0 Å². The summed E-state index contributed by atoms with van der Waals surface area (Å²) in [6, 6.07) is 18.3. The average Bonchev–Trinajstić information content (AvgIpc) is 2.54. The van der Waals surface area contributed by atoms with Gasteiger partial charge < -0.3 is 0 Å². The molecule has 0 heterocycles. The lowest BCUT2D eigenvalue weighted by Crippen LogP contribution is -2.40. The van der Waals surface area contributed by atoms with Crippen molar-refractivity contribution in [3.8, 4) is 0 Å². The first-order chi connectivity index (χ1) is 9.95. The number of hydrogen-bond donors (Lipinski definition) is 0. The lowest BCUT2D eigenvalue weighted by Gasteiger charge is -2.51. The van der Waals surface area contributed by atoms with Crippen LogP contribution in [0, 0.1) is 11.8 Å². The average molecular weight is 258 g/mol. The number of hydrogen-bond acceptors (Lipinski definition) is 0. The van der Waals surface area contributed by atoms with Crippen LogP contribution in [0.15, 0.2) is 60.7 Å². The van der Waals surface area contributed by atoms with Gasteiger partial charge in [0.2, 0.25) is 0 Å². The summed E-state index contributed by atoms with van der Waals surface area (Å²) in [5, 5.41) is 0. The molecule has 20 heavy (non-hydrogen) atoms. The quantitative estimate of drug-likeness (QED) is 0.592. The van der Waals surface area contributed by atoms with Crippen LogP contribution in [0.2, 0.25) is 0 Å². The van der Waals surface area contributed by atoms with Gasteiger partial charge in [0, 0.05) is 11.8 Å². The molecule has 4 aliphatic carbocycles. The fourth-order valence-electron chi connectivity index (χ4n) is 4.99. The lowest BCUT2D eigenvalue weighted by atomic mass is 9.52. The molecule has 4 aliphatic rings. The maximum absolute atomic E-state index is 2.51. The third kappa shape index (κ3) is 1.22. The highest BCUT2D eigenvalue weighted by atomic mass is 14.5. The van der Waals surface area contributed by atoms with Crippen molar-refractivity contribution in [2.24, 2.45) is 11.8 Å². The molecule has 2 aromatic carbocycles. The topological polar surface area (TPSA) is 0 Å². The Morgan fingerprint density at radius 1 is 0.700 bits per heavy atom. The summed E-state index contributed by atoms with van der Waals surface area (Å²) in [6.07, 6.45) is 7.53. The smallest absolute Gasteiger partial charge is 0.0161 e. The monoisotopic (exact) mass is 258 g/mol. The van der Waals surface area contributed by atoms with Crippen LogP contribution in [-0.4, -0.2) is 0 Å². The van der Waals surface area contributed by atoms with Crippen LogP contribution < -0.4 is 0 Å². The Morgan fingerprint density at radius 3 is 1.85 bits per heavy atom. The largest absolute Gasteiger partial charge is 0.0882 e. The Bertz CT molecular complexity index is 662. The summed E-state index contributed by atoms with van der Waals surface area (Å²) in [5.41, 5.74) is 6.38. The Balaban J connectivity index is 1.84. The van der Waals surface area contributed by atoms with E-state index in [4.69, 9.17) is 0 Å². The van der Waals surface area contributed by atoms with Crippen LogP contribution in [0.1, 0.15) is 46.9 Å². The first kappa shape index (κ1) is 10.9. The highest BCUT2D eigenvalue weighted by Gasteiger charge is 2.48. The van der Waals surface area contributed by atoms with E-state index in [1.165, 1.54) is 12.8 Å². The molecule has 2 bridgehead atoms. The van der Waals surface area contributed by atoms with E-state index in [0.29, 0.717) is 11.8 Å². The minimum atomic E-state index is 0.592. The zero-order valence-electron chi connectivity index (χ0n) is 11.5. The van der Waals surface area contributed by atoms with Crippen LogP contribution in [-0.2, 0) is 0 Å². The van der Waals surface area contributed by atoms with Crippen molar-refractivity contribution in [1.29, 1.82) is 0 Å². The molecule has 0 heteroatoms. The van der Waals surface area contributed by atoms with Crippen molar-refractivity contribution in [3.63, 3.8) is 0 Å². The second-order valence-corrected chi connectivity index (χ2v) is 6.46. The molecule has 0 aromatic heterocycles. The van der Waals surface area contributed by atoms with Crippen LogP contribution in [0.25, 0.3) is 0 Å². The molecule has 0 amide bonds. The zero-order chi connectivity index (χ0) is 13.1. The maximum atomic E-state index is 2.51. The molecule has 0 saturated heterocycles. The molecule has 0 radical (unpaired) electrons. The van der Waals surface area contributed by atoms with E-state index in [-0.39, 0.29) is 0 Å². The van der Waals surface area contributed by atoms with Gasteiger partial charge in [-0.25, -0.2) is 0 Å². The van der Waals surface area contributed by atoms with Crippen molar-refractivity contribution in [2.45, 2.75) is 24.7 Å². The van der Waals surface area contributed by atoms with Gasteiger partial charge in [-0.2, -0.15) is 0 Å². The number of allylic oxidation sites excluding steroid dienone is 2. The Morgan fingerprint density at radius 2 is 1.25 bits per heavy atom. The van der Waals surface area contributed by atoms with Gasteiger partial charge in [0.25, 0.3) is 0 Å². The summed E-state index contributed by atoms with van der Waals surface area (Å²) in [7, 11) is 0. The van der Waals surface area contributed by atoms with E-state index < -0.39 is 0 Å². The molecule has 2 aromatic rings. The molecule has 6 rings (SSSR count). The van der Waals surface area contributed by atoms with Gasteiger partial charge in [-0.05, 0) is 46.9 Å². The van der Waals surface area contributed by atoms with Gasteiger partial charge >= 0.3 is 0 Å². The lowest BCUT2D eigenvalue weighted by molar-refractivity contribution is 0.253. The Kier molecular flexibility index (Phi) is 2.10. The van der Waals surface area contributed by atoms with Crippen molar-refractivity contribution >= 4 is 0 Å². The van der Waals surface area contributed by atoms with Gasteiger partial charge in [0.05, 0.1) is 0 Å². The molecule has 0 spiro atoms. The molecule has 98 valence electrons. The maximum Gasteiger partial charge on any atom is 0.0161 e. The third-order valence-electron chi connectivity index (χ3n) is 5.66. The van der Waals surface area contributed by atoms with Crippen molar-refractivity contribution in [1.82, 2.24) is 0 Å². The highest BCUT2D eigenvalue weighted by molar-refractivity contribution is 5.57.